The molecule has 1 unspecified atom stereocenters. The molecule has 0 spiro atoms. The van der Waals surface area contributed by atoms with E-state index in [0.29, 0.717) is 51.6 Å². The fraction of sp³-hybridized carbons (Fsp3) is 0.270. The fourth-order valence-electron chi connectivity index (χ4n) is 6.32. The summed E-state index contributed by atoms with van der Waals surface area (Å²) in [6, 6.07) is 19.0. The largest absolute Gasteiger partial charge is 0.493 e. The number of rotatable bonds is 11. The zero-order valence-corrected chi connectivity index (χ0v) is 28.1. The van der Waals surface area contributed by atoms with Crippen LogP contribution in [0, 0.1) is 11.6 Å². The van der Waals surface area contributed by atoms with Gasteiger partial charge in [0.15, 0.2) is 11.5 Å². The molecule has 0 radical (unpaired) electrons. The number of aromatic nitrogens is 1. The molecular formula is C37H35F2N5O5S. The number of ether oxygens (including phenoxy) is 3. The van der Waals surface area contributed by atoms with Gasteiger partial charge in [0.2, 0.25) is 0 Å². The Morgan fingerprint density at radius 1 is 0.920 bits per heavy atom. The number of amides is 3. The average molecular weight is 700 g/mol. The second-order valence-electron chi connectivity index (χ2n) is 12.0. The first-order chi connectivity index (χ1) is 24.4. The Morgan fingerprint density at radius 2 is 1.68 bits per heavy atom. The van der Waals surface area contributed by atoms with Gasteiger partial charge in [0.1, 0.15) is 28.5 Å². The number of thioether (sulfide) groups is 1. The van der Waals surface area contributed by atoms with Crippen LogP contribution in [0.5, 0.6) is 23.0 Å². The van der Waals surface area contributed by atoms with E-state index in [9.17, 15) is 18.4 Å². The summed E-state index contributed by atoms with van der Waals surface area (Å²) >= 11 is 1.02. The normalized spacial score (nSPS) is 16.3. The lowest BCUT2D eigenvalue weighted by molar-refractivity contribution is -0.130. The van der Waals surface area contributed by atoms with E-state index in [4.69, 9.17) is 14.2 Å². The summed E-state index contributed by atoms with van der Waals surface area (Å²) in [6.07, 6.45) is 5.10. The summed E-state index contributed by atoms with van der Waals surface area (Å²) in [5, 5.41) is 4.77. The van der Waals surface area contributed by atoms with Crippen LogP contribution in [0.15, 0.2) is 79.0 Å². The fourth-order valence-corrected chi connectivity index (χ4v) is 7.47. The van der Waals surface area contributed by atoms with Gasteiger partial charge in [0.25, 0.3) is 5.91 Å². The lowest BCUT2D eigenvalue weighted by Gasteiger charge is -2.25. The van der Waals surface area contributed by atoms with Gasteiger partial charge < -0.3 is 24.4 Å². The molecular weight excluding hydrogens is 664 g/mol. The van der Waals surface area contributed by atoms with Crippen LogP contribution < -0.4 is 25.0 Å². The summed E-state index contributed by atoms with van der Waals surface area (Å²) in [7, 11) is 1.60. The van der Waals surface area contributed by atoms with Crippen molar-refractivity contribution < 1.29 is 32.6 Å². The summed E-state index contributed by atoms with van der Waals surface area (Å²) in [5.74, 6) is 0.133. The number of benzene rings is 4. The van der Waals surface area contributed by atoms with Crippen molar-refractivity contribution >= 4 is 51.1 Å². The van der Waals surface area contributed by atoms with Crippen LogP contribution >= 0.6 is 11.8 Å². The van der Waals surface area contributed by atoms with Crippen LogP contribution in [-0.4, -0.2) is 65.9 Å². The Kier molecular flexibility index (Phi) is 9.85. The smallest absolute Gasteiger partial charge is 0.338 e. The zero-order valence-electron chi connectivity index (χ0n) is 27.3. The van der Waals surface area contributed by atoms with Gasteiger partial charge in [-0.2, -0.15) is 0 Å². The highest BCUT2D eigenvalue weighted by Gasteiger charge is 2.37. The van der Waals surface area contributed by atoms with Gasteiger partial charge in [-0.25, -0.2) is 24.0 Å². The van der Waals surface area contributed by atoms with Crippen molar-refractivity contribution in [1.29, 1.82) is 0 Å². The highest BCUT2D eigenvalue weighted by molar-refractivity contribution is 8.00. The minimum absolute atomic E-state index is 0.0452. The molecule has 10 nitrogen and oxygen atoms in total. The number of halogens is 2. The van der Waals surface area contributed by atoms with Crippen molar-refractivity contribution in [1.82, 2.24) is 20.3 Å². The topological polar surface area (TPSA) is 105 Å². The summed E-state index contributed by atoms with van der Waals surface area (Å²) in [5.41, 5.74) is 3.30. The van der Waals surface area contributed by atoms with Crippen molar-refractivity contribution in [2.45, 2.75) is 24.6 Å². The van der Waals surface area contributed by atoms with Gasteiger partial charge in [0.05, 0.1) is 36.2 Å². The highest BCUT2D eigenvalue weighted by atomic mass is 32.2. The van der Waals surface area contributed by atoms with E-state index in [1.54, 1.807) is 31.5 Å². The maximum absolute atomic E-state index is 14.6. The molecule has 2 aliphatic rings. The van der Waals surface area contributed by atoms with Crippen LogP contribution in [0.2, 0.25) is 0 Å². The van der Waals surface area contributed by atoms with Gasteiger partial charge >= 0.3 is 6.03 Å². The lowest BCUT2D eigenvalue weighted by Crippen LogP contribution is -2.46. The molecule has 0 bridgehead atoms. The van der Waals surface area contributed by atoms with E-state index in [-0.39, 0.29) is 11.3 Å². The van der Waals surface area contributed by atoms with E-state index >= 15 is 0 Å². The number of likely N-dealkylation sites (tertiary alicyclic amines) is 1. The van der Waals surface area contributed by atoms with Crippen LogP contribution in [0.1, 0.15) is 30.2 Å². The molecule has 2 N–H and O–H groups in total. The van der Waals surface area contributed by atoms with E-state index in [2.05, 4.69) is 20.6 Å². The predicted molar refractivity (Wildman–Crippen MR) is 189 cm³/mol. The number of hydrazine groups is 1. The number of nitrogens with zero attached hydrogens (tertiary/aromatic N) is 3. The number of nitrogens with one attached hydrogen (secondary N) is 2. The Morgan fingerprint density at radius 3 is 2.46 bits per heavy atom. The van der Waals surface area contributed by atoms with Crippen LogP contribution in [0.4, 0.5) is 19.3 Å². The number of carbonyl (C=O) groups is 2. The maximum Gasteiger partial charge on any atom is 0.338 e. The van der Waals surface area contributed by atoms with E-state index in [1.165, 1.54) is 18.9 Å². The number of fused-ring (bicyclic) bond motifs is 2. The molecule has 0 aliphatic carbocycles. The summed E-state index contributed by atoms with van der Waals surface area (Å²) in [4.78, 5) is 32.8. The summed E-state index contributed by atoms with van der Waals surface area (Å²) in [6.45, 7) is 3.88. The Labute approximate surface area is 291 Å². The second-order valence-corrected chi connectivity index (χ2v) is 13.0. The van der Waals surface area contributed by atoms with Crippen molar-refractivity contribution in [3.8, 4) is 23.0 Å². The molecule has 7 rings (SSSR count). The number of pyridine rings is 1. The van der Waals surface area contributed by atoms with Crippen molar-refractivity contribution in [2.24, 2.45) is 0 Å². The molecule has 13 heteroatoms. The van der Waals surface area contributed by atoms with Gasteiger partial charge in [-0.3, -0.25) is 9.78 Å². The minimum Gasteiger partial charge on any atom is -0.493 e. The van der Waals surface area contributed by atoms with Crippen LogP contribution in [-0.2, 0) is 4.79 Å². The first-order valence-corrected chi connectivity index (χ1v) is 17.4. The Bertz CT molecular complexity index is 2040. The number of anilines is 1. The molecule has 1 atom stereocenters. The monoisotopic (exact) mass is 699 g/mol. The summed E-state index contributed by atoms with van der Waals surface area (Å²) < 4.78 is 47.4. The average Bonchev–Trinajstić information content (AvgIpc) is 3.77. The molecule has 5 aromatic rings. The quantitative estimate of drug-likeness (QED) is 0.136. The van der Waals surface area contributed by atoms with Gasteiger partial charge in [-0.1, -0.05) is 30.3 Å². The molecule has 0 saturated carbocycles. The molecule has 3 amide bonds. The molecule has 4 aromatic carbocycles. The second kappa shape index (κ2) is 14.8. The van der Waals surface area contributed by atoms with Gasteiger partial charge in [-0.15, -0.1) is 11.8 Å². The molecule has 50 heavy (non-hydrogen) atoms. The zero-order chi connectivity index (χ0) is 34.6. The number of hydrogen-bond donors (Lipinski definition) is 2. The SMILES string of the molecule is COc1cc2c(Oc3ccc(NC(=O)NN4C(=O)CSC4c4c(F)cccc4F)c4ccccc34)ccnc2cc1OCCCN1CCCC1. The predicted octanol–water partition coefficient (Wildman–Crippen LogP) is 7.64. The van der Waals surface area contributed by atoms with E-state index in [1.807, 2.05) is 36.4 Å². The first kappa shape index (κ1) is 33.4. The number of carbonyl (C=O) groups excluding carboxylic acids is 2. The molecule has 258 valence electrons. The number of methoxy groups -OCH3 is 1. The molecule has 2 fully saturated rings. The third kappa shape index (κ3) is 6.96. The third-order valence-corrected chi connectivity index (χ3v) is 9.93. The van der Waals surface area contributed by atoms with Crippen LogP contribution in [0.25, 0.3) is 21.7 Å². The van der Waals surface area contributed by atoms with Crippen LogP contribution in [0.3, 0.4) is 0 Å². The standard InChI is InChI=1S/C37H35F2N5O5S/c1-47-32-20-25-29(21-33(32)48-19-7-18-43-16-4-5-17-43)40-15-14-31(25)49-30-13-12-28(23-8-2-3-9-24(23)30)41-37(46)42-44-34(45)22-50-36(44)35-26(38)10-6-11-27(35)39/h2-3,6,8-15,20-21,36H,4-5,7,16-19,22H2,1H3,(H2,41,42,46). The minimum atomic E-state index is -1.06. The van der Waals surface area contributed by atoms with E-state index in [0.717, 1.165) is 60.3 Å². The van der Waals surface area contributed by atoms with Crippen molar-refractivity contribution in [3.63, 3.8) is 0 Å². The van der Waals surface area contributed by atoms with Gasteiger partial charge in [0, 0.05) is 35.0 Å². The third-order valence-electron chi connectivity index (χ3n) is 8.75. The lowest BCUT2D eigenvalue weighted by atomic mass is 10.1. The maximum atomic E-state index is 14.6. The van der Waals surface area contributed by atoms with E-state index < -0.39 is 28.9 Å². The number of hydrogen-bond acceptors (Lipinski definition) is 8. The highest BCUT2D eigenvalue weighted by Crippen LogP contribution is 2.41. The van der Waals surface area contributed by atoms with Crippen molar-refractivity contribution in [2.75, 3.05) is 44.4 Å². The molecule has 2 saturated heterocycles. The first-order valence-electron chi connectivity index (χ1n) is 16.4. The molecule has 1 aromatic heterocycles. The molecule has 3 heterocycles. The van der Waals surface area contributed by atoms with Crippen molar-refractivity contribution in [3.05, 3.63) is 96.2 Å². The van der Waals surface area contributed by atoms with Gasteiger partial charge in [-0.05, 0) is 68.8 Å². The number of urea groups is 1. The Hall–Kier alpha value is -5.14. The molecule has 2 aliphatic heterocycles. The Balaban J connectivity index is 1.09.